The molecule has 1 aromatic heterocycles. The van der Waals surface area contributed by atoms with Crippen molar-refractivity contribution in [2.24, 2.45) is 0 Å². The molecule has 0 saturated carbocycles. The lowest BCUT2D eigenvalue weighted by atomic mass is 10.2. The van der Waals surface area contributed by atoms with Crippen molar-refractivity contribution in [1.82, 2.24) is 14.8 Å². The molecule has 1 amide bonds. The van der Waals surface area contributed by atoms with Crippen molar-refractivity contribution < 1.29 is 4.79 Å². The molecule has 0 aliphatic carbocycles. The van der Waals surface area contributed by atoms with Gasteiger partial charge in [0, 0.05) is 42.4 Å². The second-order valence-corrected chi connectivity index (χ2v) is 6.01. The molecule has 2 heterocycles. The maximum Gasteiger partial charge on any atom is 0.270 e. The molecule has 1 saturated heterocycles. The molecule has 2 rings (SSSR count). The van der Waals surface area contributed by atoms with Gasteiger partial charge in [-0.05, 0) is 42.8 Å². The van der Waals surface area contributed by atoms with Gasteiger partial charge in [-0.3, -0.25) is 4.79 Å². The standard InChI is InChI=1S/C13H20BrN3O.ClH/c1-9(2)17-8-11(14)6-12(17)13(18)16-5-4-15-7-10(16)3;/h6,8-10,15H,4-5,7H2,1-3H3;1H/t10-;/m0./s1. The normalized spacial score (nSPS) is 19.4. The molecule has 4 nitrogen and oxygen atoms in total. The van der Waals surface area contributed by atoms with Crippen LogP contribution in [0.1, 0.15) is 37.3 Å². The number of aromatic nitrogens is 1. The van der Waals surface area contributed by atoms with Gasteiger partial charge >= 0.3 is 0 Å². The molecule has 1 aliphatic heterocycles. The van der Waals surface area contributed by atoms with E-state index < -0.39 is 0 Å². The average molecular weight is 351 g/mol. The molecule has 1 fully saturated rings. The fourth-order valence-electron chi connectivity index (χ4n) is 2.33. The SMILES string of the molecule is CC(C)n1cc(Br)cc1C(=O)N1CCNC[C@@H]1C.Cl. The topological polar surface area (TPSA) is 37.3 Å². The third-order valence-corrected chi connectivity index (χ3v) is 3.79. The van der Waals surface area contributed by atoms with Crippen LogP contribution >= 0.6 is 28.3 Å². The summed E-state index contributed by atoms with van der Waals surface area (Å²) in [5.41, 5.74) is 0.769. The smallest absolute Gasteiger partial charge is 0.270 e. The van der Waals surface area contributed by atoms with E-state index in [-0.39, 0.29) is 30.4 Å². The number of carbonyl (C=O) groups excluding carboxylic acids is 1. The monoisotopic (exact) mass is 349 g/mol. The summed E-state index contributed by atoms with van der Waals surface area (Å²) in [6.07, 6.45) is 1.98. The van der Waals surface area contributed by atoms with Crippen molar-refractivity contribution in [2.75, 3.05) is 19.6 Å². The third-order valence-electron chi connectivity index (χ3n) is 3.35. The van der Waals surface area contributed by atoms with Gasteiger partial charge in [0.25, 0.3) is 5.91 Å². The molecular formula is C13H21BrClN3O. The van der Waals surface area contributed by atoms with E-state index in [1.165, 1.54) is 0 Å². The van der Waals surface area contributed by atoms with E-state index in [0.717, 1.165) is 29.8 Å². The second kappa shape index (κ2) is 6.77. The minimum absolute atomic E-state index is 0. The summed E-state index contributed by atoms with van der Waals surface area (Å²) in [5.74, 6) is 0.128. The van der Waals surface area contributed by atoms with Crippen LogP contribution in [0.2, 0.25) is 0 Å². The maximum atomic E-state index is 12.6. The summed E-state index contributed by atoms with van der Waals surface area (Å²) >= 11 is 3.45. The Bertz CT molecular complexity index is 447. The maximum absolute atomic E-state index is 12.6. The zero-order valence-corrected chi connectivity index (χ0v) is 13.9. The molecule has 0 aromatic carbocycles. The zero-order valence-electron chi connectivity index (χ0n) is 11.5. The molecule has 0 radical (unpaired) electrons. The minimum Gasteiger partial charge on any atom is -0.340 e. The van der Waals surface area contributed by atoms with Gasteiger partial charge in [-0.2, -0.15) is 0 Å². The largest absolute Gasteiger partial charge is 0.340 e. The summed E-state index contributed by atoms with van der Waals surface area (Å²) in [7, 11) is 0. The highest BCUT2D eigenvalue weighted by Gasteiger charge is 2.26. The highest BCUT2D eigenvalue weighted by molar-refractivity contribution is 9.10. The summed E-state index contributed by atoms with van der Waals surface area (Å²) in [5, 5.41) is 3.30. The highest BCUT2D eigenvalue weighted by atomic mass is 79.9. The number of hydrogen-bond acceptors (Lipinski definition) is 2. The van der Waals surface area contributed by atoms with E-state index in [0.29, 0.717) is 0 Å². The number of halogens is 2. The summed E-state index contributed by atoms with van der Waals surface area (Å²) in [6, 6.07) is 2.45. The number of rotatable bonds is 2. The van der Waals surface area contributed by atoms with Gasteiger partial charge in [0.2, 0.25) is 0 Å². The van der Waals surface area contributed by atoms with Gasteiger partial charge in [-0.1, -0.05) is 0 Å². The number of carbonyl (C=O) groups is 1. The Kier molecular flexibility index (Phi) is 5.89. The summed E-state index contributed by atoms with van der Waals surface area (Å²) < 4.78 is 2.99. The van der Waals surface area contributed by atoms with Gasteiger partial charge in [-0.25, -0.2) is 0 Å². The number of nitrogens with one attached hydrogen (secondary N) is 1. The van der Waals surface area contributed by atoms with Crippen molar-refractivity contribution in [2.45, 2.75) is 32.9 Å². The Labute approximate surface area is 129 Å². The Morgan fingerprint density at radius 1 is 1.53 bits per heavy atom. The van der Waals surface area contributed by atoms with E-state index >= 15 is 0 Å². The Morgan fingerprint density at radius 2 is 2.21 bits per heavy atom. The first-order valence-corrected chi connectivity index (χ1v) is 7.19. The van der Waals surface area contributed by atoms with Gasteiger partial charge in [0.05, 0.1) is 0 Å². The number of hydrogen-bond donors (Lipinski definition) is 1. The fourth-order valence-corrected chi connectivity index (χ4v) is 2.77. The lowest BCUT2D eigenvalue weighted by Gasteiger charge is -2.34. The Balaban J connectivity index is 0.00000180. The average Bonchev–Trinajstić information content (AvgIpc) is 2.71. The zero-order chi connectivity index (χ0) is 13.3. The van der Waals surface area contributed by atoms with Gasteiger partial charge in [-0.15, -0.1) is 12.4 Å². The van der Waals surface area contributed by atoms with Crippen LogP contribution in [0.5, 0.6) is 0 Å². The van der Waals surface area contributed by atoms with Crippen molar-refractivity contribution in [3.8, 4) is 0 Å². The van der Waals surface area contributed by atoms with Crippen LogP contribution in [0.15, 0.2) is 16.7 Å². The number of nitrogens with zero attached hydrogens (tertiary/aromatic N) is 2. The number of amides is 1. The van der Waals surface area contributed by atoms with Crippen LogP contribution in [0.3, 0.4) is 0 Å². The first-order valence-electron chi connectivity index (χ1n) is 6.39. The molecule has 0 unspecified atom stereocenters. The summed E-state index contributed by atoms with van der Waals surface area (Å²) in [6.45, 7) is 8.78. The van der Waals surface area contributed by atoms with E-state index in [2.05, 4.69) is 42.0 Å². The van der Waals surface area contributed by atoms with Crippen LogP contribution < -0.4 is 5.32 Å². The first-order chi connectivity index (χ1) is 8.50. The quantitative estimate of drug-likeness (QED) is 0.890. The molecule has 1 aliphatic rings. The lowest BCUT2D eigenvalue weighted by Crippen LogP contribution is -2.52. The third kappa shape index (κ3) is 3.52. The second-order valence-electron chi connectivity index (χ2n) is 5.10. The molecule has 0 spiro atoms. The minimum atomic E-state index is 0. The predicted octanol–water partition coefficient (Wildman–Crippen LogP) is 2.69. The summed E-state index contributed by atoms with van der Waals surface area (Å²) in [4.78, 5) is 14.6. The van der Waals surface area contributed by atoms with E-state index in [4.69, 9.17) is 0 Å². The van der Waals surface area contributed by atoms with Gasteiger partial charge in [0.15, 0.2) is 0 Å². The van der Waals surface area contributed by atoms with Gasteiger partial charge in [0.1, 0.15) is 5.69 Å². The Hall–Kier alpha value is -0.520. The van der Waals surface area contributed by atoms with Crippen LogP contribution in [-0.4, -0.2) is 41.1 Å². The molecule has 0 bridgehead atoms. The predicted molar refractivity (Wildman–Crippen MR) is 83.1 cm³/mol. The fraction of sp³-hybridized carbons (Fsp3) is 0.615. The van der Waals surface area contributed by atoms with E-state index in [9.17, 15) is 4.79 Å². The molecule has 1 aromatic rings. The van der Waals surface area contributed by atoms with Crippen molar-refractivity contribution in [1.29, 1.82) is 0 Å². The van der Waals surface area contributed by atoms with Crippen LogP contribution in [-0.2, 0) is 0 Å². The van der Waals surface area contributed by atoms with Crippen LogP contribution in [0.4, 0.5) is 0 Å². The molecule has 6 heteroatoms. The molecule has 108 valence electrons. The van der Waals surface area contributed by atoms with Gasteiger partial charge < -0.3 is 14.8 Å². The Morgan fingerprint density at radius 3 is 2.79 bits per heavy atom. The van der Waals surface area contributed by atoms with Crippen LogP contribution in [0, 0.1) is 0 Å². The molecule has 1 atom stereocenters. The van der Waals surface area contributed by atoms with E-state index in [1.54, 1.807) is 0 Å². The van der Waals surface area contributed by atoms with Crippen LogP contribution in [0.25, 0.3) is 0 Å². The molecule has 1 N–H and O–H groups in total. The highest BCUT2D eigenvalue weighted by Crippen LogP contribution is 2.21. The lowest BCUT2D eigenvalue weighted by molar-refractivity contribution is 0.0643. The van der Waals surface area contributed by atoms with E-state index in [1.807, 2.05) is 21.7 Å². The number of piperazine rings is 1. The van der Waals surface area contributed by atoms with Crippen molar-refractivity contribution >= 4 is 34.2 Å². The van der Waals surface area contributed by atoms with Crippen molar-refractivity contribution in [3.05, 3.63) is 22.4 Å². The molecule has 19 heavy (non-hydrogen) atoms. The van der Waals surface area contributed by atoms with Crippen molar-refractivity contribution in [3.63, 3.8) is 0 Å². The molecular weight excluding hydrogens is 330 g/mol. The first kappa shape index (κ1) is 16.5.